The van der Waals surface area contributed by atoms with E-state index in [1.54, 1.807) is 11.2 Å². The van der Waals surface area contributed by atoms with Crippen molar-refractivity contribution in [2.24, 2.45) is 5.73 Å². The molecule has 0 aliphatic carbocycles. The normalized spacial score (nSPS) is 12.2. The summed E-state index contributed by atoms with van der Waals surface area (Å²) >= 11 is 0. The van der Waals surface area contributed by atoms with Gasteiger partial charge in [0.15, 0.2) is 0 Å². The van der Waals surface area contributed by atoms with Crippen LogP contribution < -0.4 is 5.73 Å². The molecule has 0 fully saturated rings. The molecule has 0 bridgehead atoms. The van der Waals surface area contributed by atoms with Crippen LogP contribution in [0, 0.1) is 6.92 Å². The third kappa shape index (κ3) is 3.27. The van der Waals surface area contributed by atoms with Gasteiger partial charge in [0.1, 0.15) is 11.8 Å². The number of rotatable bonds is 5. The maximum absolute atomic E-state index is 12.4. The highest BCUT2D eigenvalue weighted by molar-refractivity contribution is 5.83. The number of nitrogens with two attached hydrogens (primary N) is 1. The molecule has 0 radical (unpaired) electrons. The van der Waals surface area contributed by atoms with Crippen molar-refractivity contribution in [1.29, 1.82) is 0 Å². The fraction of sp³-hybridized carbons (Fsp3) is 0.312. The Balaban J connectivity index is 2.09. The Kier molecular flexibility index (Phi) is 4.58. The van der Waals surface area contributed by atoms with E-state index in [0.29, 0.717) is 13.1 Å². The Labute approximate surface area is 119 Å². The van der Waals surface area contributed by atoms with Crippen LogP contribution in [0.5, 0.6) is 0 Å². The van der Waals surface area contributed by atoms with Crippen LogP contribution >= 0.6 is 0 Å². The van der Waals surface area contributed by atoms with Crippen molar-refractivity contribution >= 4 is 5.91 Å². The van der Waals surface area contributed by atoms with E-state index in [1.807, 2.05) is 50.2 Å². The average Bonchev–Trinajstić information content (AvgIpc) is 2.97. The van der Waals surface area contributed by atoms with Gasteiger partial charge in [0, 0.05) is 6.54 Å². The van der Waals surface area contributed by atoms with Gasteiger partial charge in [0.25, 0.3) is 0 Å². The molecule has 20 heavy (non-hydrogen) atoms. The van der Waals surface area contributed by atoms with E-state index in [-0.39, 0.29) is 5.91 Å². The van der Waals surface area contributed by atoms with Crippen molar-refractivity contribution in [2.45, 2.75) is 26.4 Å². The summed E-state index contributed by atoms with van der Waals surface area (Å²) in [7, 11) is 0. The summed E-state index contributed by atoms with van der Waals surface area (Å²) in [5.74, 6) is 0.670. The maximum atomic E-state index is 12.4. The summed E-state index contributed by atoms with van der Waals surface area (Å²) in [6.45, 7) is 4.98. The van der Waals surface area contributed by atoms with Gasteiger partial charge in [-0.2, -0.15) is 0 Å². The molecule has 1 atom stereocenters. The van der Waals surface area contributed by atoms with E-state index >= 15 is 0 Å². The zero-order valence-electron chi connectivity index (χ0n) is 11.9. The number of hydrogen-bond acceptors (Lipinski definition) is 3. The van der Waals surface area contributed by atoms with Crippen molar-refractivity contribution in [2.75, 3.05) is 6.54 Å². The molecule has 2 rings (SSSR count). The Bertz CT molecular complexity index is 546. The zero-order valence-corrected chi connectivity index (χ0v) is 11.9. The largest absolute Gasteiger partial charge is 0.467 e. The van der Waals surface area contributed by atoms with Crippen LogP contribution in [-0.4, -0.2) is 17.4 Å². The third-order valence-electron chi connectivity index (χ3n) is 3.32. The van der Waals surface area contributed by atoms with Gasteiger partial charge in [-0.05, 0) is 31.5 Å². The lowest BCUT2D eigenvalue weighted by atomic mass is 10.0. The van der Waals surface area contributed by atoms with E-state index in [9.17, 15) is 4.79 Å². The van der Waals surface area contributed by atoms with Gasteiger partial charge >= 0.3 is 0 Å². The van der Waals surface area contributed by atoms with Gasteiger partial charge in [-0.25, -0.2) is 0 Å². The second-order valence-corrected chi connectivity index (χ2v) is 4.82. The topological polar surface area (TPSA) is 59.5 Å². The van der Waals surface area contributed by atoms with Crippen LogP contribution in [0.25, 0.3) is 0 Å². The molecule has 1 heterocycles. The Hall–Kier alpha value is -2.07. The van der Waals surface area contributed by atoms with E-state index in [4.69, 9.17) is 10.2 Å². The quantitative estimate of drug-likeness (QED) is 0.910. The smallest absolute Gasteiger partial charge is 0.244 e. The number of carbonyl (C=O) groups is 1. The predicted molar refractivity (Wildman–Crippen MR) is 77.9 cm³/mol. The van der Waals surface area contributed by atoms with Crippen LogP contribution in [0.4, 0.5) is 0 Å². The highest BCUT2D eigenvalue weighted by Crippen LogP contribution is 2.16. The zero-order chi connectivity index (χ0) is 14.5. The number of amides is 1. The highest BCUT2D eigenvalue weighted by atomic mass is 16.3. The van der Waals surface area contributed by atoms with Gasteiger partial charge in [-0.15, -0.1) is 0 Å². The van der Waals surface area contributed by atoms with Crippen LogP contribution in [0.1, 0.15) is 29.9 Å². The standard InChI is InChI=1S/C16H20N2O2/c1-3-18(11-14-5-4-10-20-14)16(19)15(17)13-8-6-12(2)7-9-13/h4-10,15H,3,11,17H2,1-2H3. The van der Waals surface area contributed by atoms with E-state index in [2.05, 4.69) is 0 Å². The number of benzene rings is 1. The number of carbonyl (C=O) groups excluding carboxylic acids is 1. The molecule has 0 aliphatic rings. The van der Waals surface area contributed by atoms with E-state index < -0.39 is 6.04 Å². The number of aryl methyl sites for hydroxylation is 1. The first-order chi connectivity index (χ1) is 9.61. The average molecular weight is 272 g/mol. The highest BCUT2D eigenvalue weighted by Gasteiger charge is 2.22. The van der Waals surface area contributed by atoms with Crippen LogP contribution in [-0.2, 0) is 11.3 Å². The molecule has 4 nitrogen and oxygen atoms in total. The first-order valence-electron chi connectivity index (χ1n) is 6.75. The van der Waals surface area contributed by atoms with E-state index in [0.717, 1.165) is 16.9 Å². The molecule has 2 aromatic rings. The molecule has 1 aromatic heterocycles. The summed E-state index contributed by atoms with van der Waals surface area (Å²) in [6.07, 6.45) is 1.60. The Morgan fingerprint density at radius 2 is 2.00 bits per heavy atom. The fourth-order valence-corrected chi connectivity index (χ4v) is 2.05. The molecule has 0 spiro atoms. The first-order valence-corrected chi connectivity index (χ1v) is 6.75. The van der Waals surface area contributed by atoms with Gasteiger partial charge in [-0.3, -0.25) is 4.79 Å². The van der Waals surface area contributed by atoms with Crippen molar-refractivity contribution in [3.05, 3.63) is 59.5 Å². The molecular formula is C16H20N2O2. The predicted octanol–water partition coefficient (Wildman–Crippen LogP) is 2.64. The minimum Gasteiger partial charge on any atom is -0.467 e. The molecular weight excluding hydrogens is 252 g/mol. The Morgan fingerprint density at radius 3 is 2.55 bits per heavy atom. The monoisotopic (exact) mass is 272 g/mol. The first kappa shape index (κ1) is 14.3. The minimum atomic E-state index is -0.634. The van der Waals surface area contributed by atoms with Crippen molar-refractivity contribution in [1.82, 2.24) is 4.90 Å². The van der Waals surface area contributed by atoms with Crippen LogP contribution in [0.3, 0.4) is 0 Å². The lowest BCUT2D eigenvalue weighted by Gasteiger charge is -2.23. The molecule has 2 N–H and O–H groups in total. The fourth-order valence-electron chi connectivity index (χ4n) is 2.05. The summed E-state index contributed by atoms with van der Waals surface area (Å²) in [4.78, 5) is 14.1. The van der Waals surface area contributed by atoms with Gasteiger partial charge in [0.2, 0.25) is 5.91 Å². The van der Waals surface area contributed by atoms with Crippen molar-refractivity contribution < 1.29 is 9.21 Å². The number of likely N-dealkylation sites (N-methyl/N-ethyl adjacent to an activating group) is 1. The second-order valence-electron chi connectivity index (χ2n) is 4.82. The third-order valence-corrected chi connectivity index (χ3v) is 3.32. The van der Waals surface area contributed by atoms with Gasteiger partial charge < -0.3 is 15.1 Å². The molecule has 106 valence electrons. The molecule has 0 saturated heterocycles. The molecule has 1 aromatic carbocycles. The van der Waals surface area contributed by atoms with Crippen LogP contribution in [0.15, 0.2) is 47.1 Å². The lowest BCUT2D eigenvalue weighted by molar-refractivity contribution is -0.133. The van der Waals surface area contributed by atoms with Gasteiger partial charge in [-0.1, -0.05) is 29.8 Å². The minimum absolute atomic E-state index is 0.0900. The molecule has 0 saturated carbocycles. The second kappa shape index (κ2) is 6.39. The van der Waals surface area contributed by atoms with Crippen molar-refractivity contribution in [3.8, 4) is 0 Å². The molecule has 1 unspecified atom stereocenters. The van der Waals surface area contributed by atoms with E-state index in [1.165, 1.54) is 0 Å². The molecule has 1 amide bonds. The van der Waals surface area contributed by atoms with Crippen LogP contribution in [0.2, 0.25) is 0 Å². The number of nitrogens with zero attached hydrogens (tertiary/aromatic N) is 1. The number of hydrogen-bond donors (Lipinski definition) is 1. The van der Waals surface area contributed by atoms with Crippen molar-refractivity contribution in [3.63, 3.8) is 0 Å². The summed E-state index contributed by atoms with van der Waals surface area (Å²) in [5, 5.41) is 0. The maximum Gasteiger partial charge on any atom is 0.244 e. The molecule has 0 aliphatic heterocycles. The summed E-state index contributed by atoms with van der Waals surface area (Å²) in [6, 6.07) is 10.8. The lowest BCUT2D eigenvalue weighted by Crippen LogP contribution is -2.37. The summed E-state index contributed by atoms with van der Waals surface area (Å²) < 4.78 is 5.28. The molecule has 4 heteroatoms. The van der Waals surface area contributed by atoms with Gasteiger partial charge in [0.05, 0.1) is 12.8 Å². The SMILES string of the molecule is CCN(Cc1ccco1)C(=O)C(N)c1ccc(C)cc1. The Morgan fingerprint density at radius 1 is 1.30 bits per heavy atom. The summed E-state index contributed by atoms with van der Waals surface area (Å²) in [5.41, 5.74) is 8.05. The number of furan rings is 1.